The van der Waals surface area contributed by atoms with Gasteiger partial charge in [0.2, 0.25) is 11.9 Å². The first-order valence-corrected chi connectivity index (χ1v) is 8.67. The van der Waals surface area contributed by atoms with Gasteiger partial charge < -0.3 is 10.1 Å². The number of nitrogens with one attached hydrogen (secondary N) is 3. The minimum Gasteiger partial charge on any atom is -0.433 e. The maximum atomic E-state index is 12.9. The second-order valence-corrected chi connectivity index (χ2v) is 6.03. The number of halogens is 3. The SMILES string of the molecule is O=C(CC1N=C(N/N=C/c2ccc(F)cc2)NC1=O)Nc1ccccc1OC(F)F. The number of carbonyl (C=O) groups is 2. The summed E-state index contributed by atoms with van der Waals surface area (Å²) in [5, 5.41) is 8.73. The summed E-state index contributed by atoms with van der Waals surface area (Å²) < 4.78 is 42.1. The highest BCUT2D eigenvalue weighted by atomic mass is 19.3. The predicted molar refractivity (Wildman–Crippen MR) is 103 cm³/mol. The third kappa shape index (κ3) is 5.80. The standard InChI is InChI=1S/C19H16F3N5O3/c20-12-7-5-11(6-8-12)10-23-27-19-25-14(17(29)26-19)9-16(28)24-13-3-1-2-4-15(13)30-18(21)22/h1-8,10,14,18H,9H2,(H,24,28)(H2,25,26,27,29)/b23-10+. The number of ether oxygens (including phenoxy) is 1. The zero-order valence-corrected chi connectivity index (χ0v) is 15.3. The van der Waals surface area contributed by atoms with Crippen molar-refractivity contribution in [3.8, 4) is 5.75 Å². The zero-order chi connectivity index (χ0) is 21.5. The van der Waals surface area contributed by atoms with E-state index in [1.54, 1.807) is 0 Å². The summed E-state index contributed by atoms with van der Waals surface area (Å²) in [7, 11) is 0. The van der Waals surface area contributed by atoms with Gasteiger partial charge >= 0.3 is 6.61 Å². The van der Waals surface area contributed by atoms with Crippen LogP contribution in [0.1, 0.15) is 12.0 Å². The highest BCUT2D eigenvalue weighted by Gasteiger charge is 2.28. The number of nitrogens with zero attached hydrogens (tertiary/aromatic N) is 2. The molecule has 0 aliphatic carbocycles. The molecule has 1 unspecified atom stereocenters. The van der Waals surface area contributed by atoms with E-state index in [0.29, 0.717) is 5.56 Å². The molecule has 0 fully saturated rings. The number of aliphatic imine (C=N–C) groups is 1. The van der Waals surface area contributed by atoms with Gasteiger partial charge in [0.15, 0.2) is 0 Å². The topological polar surface area (TPSA) is 104 Å². The van der Waals surface area contributed by atoms with Gasteiger partial charge in [0.1, 0.15) is 17.6 Å². The number of hydrogen-bond donors (Lipinski definition) is 3. The number of carbonyl (C=O) groups excluding carboxylic acids is 2. The Bertz CT molecular complexity index is 980. The number of alkyl halides is 2. The normalized spacial score (nSPS) is 15.8. The third-order valence-corrected chi connectivity index (χ3v) is 3.84. The smallest absolute Gasteiger partial charge is 0.387 e. The predicted octanol–water partition coefficient (Wildman–Crippen LogP) is 2.23. The van der Waals surface area contributed by atoms with E-state index in [9.17, 15) is 22.8 Å². The minimum atomic E-state index is -3.04. The van der Waals surface area contributed by atoms with Crippen LogP contribution in [0.15, 0.2) is 58.6 Å². The monoisotopic (exact) mass is 419 g/mol. The molecule has 0 spiro atoms. The van der Waals surface area contributed by atoms with Crippen molar-refractivity contribution in [3.63, 3.8) is 0 Å². The van der Waals surface area contributed by atoms with E-state index in [1.807, 2.05) is 0 Å². The van der Waals surface area contributed by atoms with Gasteiger partial charge in [-0.05, 0) is 29.8 Å². The first-order chi connectivity index (χ1) is 14.4. The molecule has 8 nitrogen and oxygen atoms in total. The largest absolute Gasteiger partial charge is 0.433 e. The molecular weight excluding hydrogens is 403 g/mol. The van der Waals surface area contributed by atoms with Crippen LogP contribution in [0, 0.1) is 5.82 Å². The van der Waals surface area contributed by atoms with E-state index in [-0.39, 0.29) is 29.6 Å². The van der Waals surface area contributed by atoms with Gasteiger partial charge in [0, 0.05) is 0 Å². The number of benzene rings is 2. The highest BCUT2D eigenvalue weighted by molar-refractivity contribution is 6.07. The molecular formula is C19H16F3N5O3. The van der Waals surface area contributed by atoms with Gasteiger partial charge in [-0.3, -0.25) is 14.9 Å². The van der Waals surface area contributed by atoms with Crippen LogP contribution in [0.4, 0.5) is 18.9 Å². The number of hydrazone groups is 1. The van der Waals surface area contributed by atoms with Crippen LogP contribution in [-0.2, 0) is 9.59 Å². The van der Waals surface area contributed by atoms with Crippen LogP contribution in [0.25, 0.3) is 0 Å². The summed E-state index contributed by atoms with van der Waals surface area (Å²) >= 11 is 0. The fourth-order valence-corrected chi connectivity index (χ4v) is 2.50. The number of rotatable bonds is 7. The van der Waals surface area contributed by atoms with Crippen molar-refractivity contribution in [2.45, 2.75) is 19.1 Å². The molecule has 0 aromatic heterocycles. The first kappa shape index (κ1) is 20.8. The molecule has 3 N–H and O–H groups in total. The van der Waals surface area contributed by atoms with Crippen LogP contribution in [0.5, 0.6) is 5.75 Å². The molecule has 30 heavy (non-hydrogen) atoms. The molecule has 0 saturated heterocycles. The van der Waals surface area contributed by atoms with Gasteiger partial charge in [0.25, 0.3) is 5.91 Å². The van der Waals surface area contributed by atoms with Crippen molar-refractivity contribution in [2.75, 3.05) is 5.32 Å². The number of anilines is 1. The molecule has 1 aliphatic heterocycles. The van der Waals surface area contributed by atoms with Gasteiger partial charge in [-0.1, -0.05) is 24.3 Å². The highest BCUT2D eigenvalue weighted by Crippen LogP contribution is 2.25. The van der Waals surface area contributed by atoms with Crippen molar-refractivity contribution in [2.24, 2.45) is 10.1 Å². The van der Waals surface area contributed by atoms with E-state index in [2.05, 4.69) is 30.9 Å². The average Bonchev–Trinajstić information content (AvgIpc) is 3.03. The molecule has 0 bridgehead atoms. The lowest BCUT2D eigenvalue weighted by atomic mass is 10.2. The van der Waals surface area contributed by atoms with Gasteiger partial charge in [-0.2, -0.15) is 13.9 Å². The van der Waals surface area contributed by atoms with Crippen LogP contribution in [0.2, 0.25) is 0 Å². The van der Waals surface area contributed by atoms with Crippen LogP contribution in [0.3, 0.4) is 0 Å². The molecule has 2 aromatic rings. The molecule has 1 heterocycles. The molecule has 3 rings (SSSR count). The maximum Gasteiger partial charge on any atom is 0.387 e. The van der Waals surface area contributed by atoms with E-state index in [4.69, 9.17) is 0 Å². The molecule has 1 aliphatic rings. The van der Waals surface area contributed by atoms with Crippen molar-refractivity contribution in [1.82, 2.24) is 10.7 Å². The second kappa shape index (κ2) is 9.54. The summed E-state index contributed by atoms with van der Waals surface area (Å²) in [6.07, 6.45) is 1.08. The Morgan fingerprint density at radius 3 is 2.70 bits per heavy atom. The zero-order valence-electron chi connectivity index (χ0n) is 15.3. The lowest BCUT2D eigenvalue weighted by Crippen LogP contribution is -2.35. The fraction of sp³-hybridized carbons (Fsp3) is 0.158. The van der Waals surface area contributed by atoms with Gasteiger partial charge in [-0.15, -0.1) is 0 Å². The van der Waals surface area contributed by atoms with E-state index in [0.717, 1.165) is 0 Å². The van der Waals surface area contributed by atoms with Crippen molar-refractivity contribution in [3.05, 3.63) is 59.9 Å². The van der Waals surface area contributed by atoms with Gasteiger partial charge in [-0.25, -0.2) is 14.8 Å². The molecule has 156 valence electrons. The Balaban J connectivity index is 1.56. The lowest BCUT2D eigenvalue weighted by molar-refractivity contribution is -0.123. The third-order valence-electron chi connectivity index (χ3n) is 3.84. The Hall–Kier alpha value is -3.89. The second-order valence-electron chi connectivity index (χ2n) is 6.03. The maximum absolute atomic E-state index is 12.9. The van der Waals surface area contributed by atoms with Crippen LogP contribution >= 0.6 is 0 Å². The summed E-state index contributed by atoms with van der Waals surface area (Å²) in [4.78, 5) is 28.2. The van der Waals surface area contributed by atoms with Crippen LogP contribution < -0.4 is 20.8 Å². The van der Waals surface area contributed by atoms with E-state index < -0.39 is 24.5 Å². The van der Waals surface area contributed by atoms with Crippen LogP contribution in [-0.4, -0.2) is 36.6 Å². The molecule has 0 radical (unpaired) electrons. The van der Waals surface area contributed by atoms with E-state index in [1.165, 1.54) is 54.7 Å². The summed E-state index contributed by atoms with van der Waals surface area (Å²) in [6, 6.07) is 10.2. The molecule has 2 amide bonds. The number of para-hydroxylation sites is 2. The Morgan fingerprint density at radius 1 is 1.23 bits per heavy atom. The number of guanidine groups is 1. The Kier molecular flexibility index (Phi) is 6.63. The molecule has 1 atom stereocenters. The molecule has 2 aromatic carbocycles. The lowest BCUT2D eigenvalue weighted by Gasteiger charge is -2.12. The first-order valence-electron chi connectivity index (χ1n) is 8.67. The summed E-state index contributed by atoms with van der Waals surface area (Å²) in [5.41, 5.74) is 3.19. The summed E-state index contributed by atoms with van der Waals surface area (Å²) in [5.74, 6) is -1.67. The molecule has 0 saturated carbocycles. The minimum absolute atomic E-state index is 0.0394. The molecule has 11 heteroatoms. The Morgan fingerprint density at radius 2 is 1.97 bits per heavy atom. The quantitative estimate of drug-likeness (QED) is 0.473. The van der Waals surface area contributed by atoms with Crippen molar-refractivity contribution in [1.29, 1.82) is 0 Å². The summed E-state index contributed by atoms with van der Waals surface area (Å²) in [6.45, 7) is -3.04. The van der Waals surface area contributed by atoms with Crippen molar-refractivity contribution < 1.29 is 27.5 Å². The number of hydrogen-bond acceptors (Lipinski definition) is 6. The Labute approximate surface area is 168 Å². The fourth-order valence-electron chi connectivity index (χ4n) is 2.50. The number of amides is 2. The van der Waals surface area contributed by atoms with E-state index >= 15 is 0 Å². The van der Waals surface area contributed by atoms with Crippen molar-refractivity contribution >= 4 is 29.7 Å². The van der Waals surface area contributed by atoms with Gasteiger partial charge in [0.05, 0.1) is 18.3 Å². The average molecular weight is 419 g/mol.